The minimum absolute atomic E-state index is 0.388. The monoisotopic (exact) mass is 408 g/mol. The van der Waals surface area contributed by atoms with Gasteiger partial charge in [-0.2, -0.15) is 5.26 Å². The van der Waals surface area contributed by atoms with Crippen LogP contribution in [-0.4, -0.2) is 24.0 Å². The average Bonchev–Trinajstić information content (AvgIpc) is 2.78. The van der Waals surface area contributed by atoms with Crippen molar-refractivity contribution in [2.24, 2.45) is 0 Å². The quantitative estimate of drug-likeness (QED) is 0.542. The fourth-order valence-electron chi connectivity index (χ4n) is 3.45. The number of rotatable bonds is 7. The van der Waals surface area contributed by atoms with Crippen LogP contribution < -0.4 is 5.32 Å². The number of esters is 1. The summed E-state index contributed by atoms with van der Waals surface area (Å²) in [6, 6.07) is 21.2. The number of thioether (sulfide) groups is 1. The fourth-order valence-corrected chi connectivity index (χ4v) is 4.49. The summed E-state index contributed by atoms with van der Waals surface area (Å²) in [5.41, 5.74) is -0.0214. The molecule has 1 aliphatic carbocycles. The molecule has 0 spiro atoms. The topological polar surface area (TPSA) is 79.2 Å². The highest BCUT2D eigenvalue weighted by Gasteiger charge is 2.34. The van der Waals surface area contributed by atoms with E-state index in [0.717, 1.165) is 29.7 Å². The van der Waals surface area contributed by atoms with Gasteiger partial charge < -0.3 is 10.1 Å². The summed E-state index contributed by atoms with van der Waals surface area (Å²) >= 11 is 1.38. The molecule has 1 N–H and O–H groups in total. The van der Waals surface area contributed by atoms with E-state index in [1.165, 1.54) is 11.8 Å². The Morgan fingerprint density at radius 2 is 1.66 bits per heavy atom. The molecule has 29 heavy (non-hydrogen) atoms. The van der Waals surface area contributed by atoms with Crippen LogP contribution in [-0.2, 0) is 14.3 Å². The van der Waals surface area contributed by atoms with E-state index in [0.29, 0.717) is 12.8 Å². The predicted molar refractivity (Wildman–Crippen MR) is 112 cm³/mol. The summed E-state index contributed by atoms with van der Waals surface area (Å²) < 4.78 is 5.34. The molecule has 0 aromatic heterocycles. The molecule has 0 heterocycles. The number of nitrogens with zero attached hydrogens (tertiary/aromatic N) is 1. The van der Waals surface area contributed by atoms with Gasteiger partial charge in [-0.1, -0.05) is 67.8 Å². The number of carbonyl (C=O) groups is 2. The lowest BCUT2D eigenvalue weighted by Crippen LogP contribution is -2.50. The Kier molecular flexibility index (Phi) is 7.31. The Hall–Kier alpha value is -2.78. The lowest BCUT2D eigenvalue weighted by atomic mass is 9.83. The third-order valence-corrected chi connectivity index (χ3v) is 6.20. The summed E-state index contributed by atoms with van der Waals surface area (Å²) in [6.45, 7) is -0.388. The molecule has 2 aromatic rings. The highest BCUT2D eigenvalue weighted by molar-refractivity contribution is 8.00. The number of nitrogens with one attached hydrogen (secondary N) is 1. The van der Waals surface area contributed by atoms with Crippen LogP contribution in [0.2, 0.25) is 0 Å². The molecule has 3 rings (SSSR count). The van der Waals surface area contributed by atoms with Crippen molar-refractivity contribution in [3.05, 3.63) is 66.2 Å². The van der Waals surface area contributed by atoms with E-state index < -0.39 is 22.7 Å². The van der Waals surface area contributed by atoms with E-state index in [2.05, 4.69) is 11.4 Å². The van der Waals surface area contributed by atoms with Gasteiger partial charge in [-0.15, -0.1) is 11.8 Å². The SMILES string of the molecule is N#CC1(NC(=O)COC(=O)[C@H](Sc2ccccc2)c2ccccc2)CCCCC1. The molecule has 0 aliphatic heterocycles. The molecule has 150 valence electrons. The predicted octanol–water partition coefficient (Wildman–Crippen LogP) is 4.41. The average molecular weight is 409 g/mol. The normalized spacial score (nSPS) is 16.2. The Balaban J connectivity index is 1.64. The first-order valence-corrected chi connectivity index (χ1v) is 10.7. The van der Waals surface area contributed by atoms with Gasteiger partial charge >= 0.3 is 5.97 Å². The van der Waals surface area contributed by atoms with Gasteiger partial charge in [0.2, 0.25) is 0 Å². The van der Waals surface area contributed by atoms with Gasteiger partial charge in [0.05, 0.1) is 6.07 Å². The summed E-state index contributed by atoms with van der Waals surface area (Å²) in [7, 11) is 0. The lowest BCUT2D eigenvalue weighted by molar-refractivity contribution is -0.148. The van der Waals surface area contributed by atoms with Crippen LogP contribution in [0.3, 0.4) is 0 Å². The van der Waals surface area contributed by atoms with Crippen molar-refractivity contribution in [3.8, 4) is 6.07 Å². The molecule has 0 radical (unpaired) electrons. The minimum Gasteiger partial charge on any atom is -0.454 e. The Bertz CT molecular complexity index is 859. The van der Waals surface area contributed by atoms with Gasteiger partial charge in [-0.25, -0.2) is 0 Å². The van der Waals surface area contributed by atoms with Gasteiger partial charge in [0.25, 0.3) is 5.91 Å². The summed E-state index contributed by atoms with van der Waals surface area (Å²) in [5.74, 6) is -0.909. The maximum atomic E-state index is 12.8. The van der Waals surface area contributed by atoms with Crippen molar-refractivity contribution < 1.29 is 14.3 Å². The zero-order chi connectivity index (χ0) is 20.5. The summed E-state index contributed by atoms with van der Waals surface area (Å²) in [5, 5.41) is 11.7. The van der Waals surface area contributed by atoms with Crippen LogP contribution in [0.5, 0.6) is 0 Å². The molecule has 1 atom stereocenters. The Labute approximate surface area is 175 Å². The Morgan fingerprint density at radius 1 is 1.03 bits per heavy atom. The standard InChI is InChI=1S/C23H24N2O3S/c24-17-23(14-8-3-9-15-23)25-20(26)16-28-22(27)21(18-10-4-1-5-11-18)29-19-12-6-2-7-13-19/h1-2,4-7,10-13,21H,3,8-9,14-16H2,(H,25,26)/t21-/m1/s1. The zero-order valence-electron chi connectivity index (χ0n) is 16.2. The molecular formula is C23H24N2O3S. The van der Waals surface area contributed by atoms with Crippen molar-refractivity contribution >= 4 is 23.6 Å². The van der Waals surface area contributed by atoms with E-state index >= 15 is 0 Å². The largest absolute Gasteiger partial charge is 0.454 e. The molecule has 2 aromatic carbocycles. The smallest absolute Gasteiger partial charge is 0.324 e. The highest BCUT2D eigenvalue weighted by Crippen LogP contribution is 2.36. The molecule has 0 unspecified atom stereocenters. The molecule has 1 saturated carbocycles. The third kappa shape index (κ3) is 5.85. The second-order valence-corrected chi connectivity index (χ2v) is 8.31. The molecule has 1 fully saturated rings. The van der Waals surface area contributed by atoms with Gasteiger partial charge in [0.15, 0.2) is 6.61 Å². The number of benzene rings is 2. The van der Waals surface area contributed by atoms with Gasteiger partial charge in [0.1, 0.15) is 10.8 Å². The number of hydrogen-bond donors (Lipinski definition) is 1. The van der Waals surface area contributed by atoms with E-state index in [4.69, 9.17) is 4.74 Å². The van der Waals surface area contributed by atoms with Gasteiger partial charge in [-0.05, 0) is 30.5 Å². The maximum Gasteiger partial charge on any atom is 0.324 e. The molecule has 5 nitrogen and oxygen atoms in total. The molecule has 0 saturated heterocycles. The van der Waals surface area contributed by atoms with E-state index in [9.17, 15) is 14.9 Å². The van der Waals surface area contributed by atoms with Gasteiger partial charge in [-0.3, -0.25) is 9.59 Å². The third-order valence-electron chi connectivity index (χ3n) is 4.96. The molecule has 1 amide bonds. The first-order chi connectivity index (χ1) is 14.1. The minimum atomic E-state index is -0.834. The lowest BCUT2D eigenvalue weighted by Gasteiger charge is -2.31. The van der Waals surface area contributed by atoms with Crippen molar-refractivity contribution in [1.29, 1.82) is 5.26 Å². The highest BCUT2D eigenvalue weighted by atomic mass is 32.2. The molecular weight excluding hydrogens is 384 g/mol. The van der Waals surface area contributed by atoms with Crippen LogP contribution in [0.4, 0.5) is 0 Å². The Morgan fingerprint density at radius 3 is 2.28 bits per heavy atom. The second-order valence-electron chi connectivity index (χ2n) is 7.13. The van der Waals surface area contributed by atoms with Crippen LogP contribution in [0.1, 0.15) is 42.9 Å². The van der Waals surface area contributed by atoms with Crippen molar-refractivity contribution in [3.63, 3.8) is 0 Å². The van der Waals surface area contributed by atoms with Gasteiger partial charge in [0, 0.05) is 4.90 Å². The fraction of sp³-hybridized carbons (Fsp3) is 0.348. The van der Waals surface area contributed by atoms with Crippen LogP contribution in [0, 0.1) is 11.3 Å². The number of amides is 1. The zero-order valence-corrected chi connectivity index (χ0v) is 17.0. The number of nitriles is 1. The number of hydrogen-bond acceptors (Lipinski definition) is 5. The second kappa shape index (κ2) is 10.1. The van der Waals surface area contributed by atoms with Crippen molar-refractivity contribution in [2.45, 2.75) is 47.8 Å². The van der Waals surface area contributed by atoms with Crippen LogP contribution in [0.15, 0.2) is 65.6 Å². The van der Waals surface area contributed by atoms with Crippen molar-refractivity contribution in [1.82, 2.24) is 5.32 Å². The molecule has 1 aliphatic rings. The first-order valence-electron chi connectivity index (χ1n) is 9.77. The van der Waals surface area contributed by atoms with E-state index in [1.807, 2.05) is 60.7 Å². The first kappa shape index (κ1) is 20.9. The summed E-state index contributed by atoms with van der Waals surface area (Å²) in [4.78, 5) is 26.1. The maximum absolute atomic E-state index is 12.8. The summed E-state index contributed by atoms with van der Waals surface area (Å²) in [6.07, 6.45) is 4.18. The number of carbonyl (C=O) groups excluding carboxylic acids is 2. The molecule has 6 heteroatoms. The van der Waals surface area contributed by atoms with E-state index in [1.54, 1.807) is 0 Å². The molecule has 0 bridgehead atoms. The van der Waals surface area contributed by atoms with Crippen molar-refractivity contribution in [2.75, 3.05) is 6.61 Å². The van der Waals surface area contributed by atoms with Crippen LogP contribution >= 0.6 is 11.8 Å². The van der Waals surface area contributed by atoms with E-state index in [-0.39, 0.29) is 6.61 Å². The van der Waals surface area contributed by atoms with Crippen LogP contribution in [0.25, 0.3) is 0 Å². The number of ether oxygens (including phenoxy) is 1.